The van der Waals surface area contributed by atoms with Crippen LogP contribution in [0.15, 0.2) is 48.5 Å². The lowest BCUT2D eigenvalue weighted by atomic mass is 10.0. The number of carbonyl (C=O) groups is 1. The number of benzene rings is 2. The zero-order valence-corrected chi connectivity index (χ0v) is 16.5. The van der Waals surface area contributed by atoms with Crippen LogP contribution < -0.4 is 10.1 Å². The van der Waals surface area contributed by atoms with Crippen LogP contribution in [0, 0.1) is 3.57 Å². The van der Waals surface area contributed by atoms with Crippen LogP contribution in [0.3, 0.4) is 0 Å². The molecule has 1 fully saturated rings. The molecule has 3 rings (SSSR count). The molecule has 4 nitrogen and oxygen atoms in total. The fourth-order valence-corrected chi connectivity index (χ4v) is 3.80. The molecule has 25 heavy (non-hydrogen) atoms. The van der Waals surface area contributed by atoms with E-state index >= 15 is 0 Å². The van der Waals surface area contributed by atoms with Crippen LogP contribution in [0.1, 0.15) is 34.8 Å². The van der Waals surface area contributed by atoms with Gasteiger partial charge in [-0.15, -0.1) is 0 Å². The molecule has 0 radical (unpaired) electrons. The highest BCUT2D eigenvalue weighted by atomic mass is 127. The van der Waals surface area contributed by atoms with Gasteiger partial charge >= 0.3 is 0 Å². The molecule has 0 aliphatic carbocycles. The number of halogens is 1. The van der Waals surface area contributed by atoms with E-state index in [9.17, 15) is 4.79 Å². The van der Waals surface area contributed by atoms with E-state index in [0.717, 1.165) is 22.4 Å². The van der Waals surface area contributed by atoms with Crippen LogP contribution in [-0.2, 0) is 0 Å². The minimum absolute atomic E-state index is 0.0174. The number of ether oxygens (including phenoxy) is 1. The second kappa shape index (κ2) is 8.67. The number of rotatable bonds is 6. The molecule has 1 N–H and O–H groups in total. The Balaban J connectivity index is 1.72. The molecule has 0 bridgehead atoms. The van der Waals surface area contributed by atoms with E-state index in [2.05, 4.69) is 44.9 Å². The summed E-state index contributed by atoms with van der Waals surface area (Å²) in [4.78, 5) is 15.0. The zero-order valence-electron chi connectivity index (χ0n) is 14.4. The number of nitrogens with zero attached hydrogens (tertiary/aromatic N) is 1. The Bertz CT molecular complexity index is 712. The largest absolute Gasteiger partial charge is 0.497 e. The van der Waals surface area contributed by atoms with Gasteiger partial charge in [0.05, 0.1) is 13.2 Å². The minimum Gasteiger partial charge on any atom is -0.497 e. The van der Waals surface area contributed by atoms with Crippen molar-refractivity contribution < 1.29 is 9.53 Å². The maximum absolute atomic E-state index is 12.5. The van der Waals surface area contributed by atoms with Crippen LogP contribution in [0.4, 0.5) is 0 Å². The van der Waals surface area contributed by atoms with Gasteiger partial charge in [0, 0.05) is 15.7 Å². The standard InChI is InChI=1S/C20H23IN2O2/c1-25-18-9-7-15(8-10-18)19(23-11-2-3-12-23)14-22-20(24)16-5-4-6-17(21)13-16/h4-10,13,19H,2-3,11-12,14H2,1H3,(H,22,24)/t19-/m0/s1. The van der Waals surface area contributed by atoms with Crippen molar-refractivity contribution in [1.82, 2.24) is 10.2 Å². The van der Waals surface area contributed by atoms with Crippen LogP contribution in [0.5, 0.6) is 5.75 Å². The molecule has 0 aromatic heterocycles. The van der Waals surface area contributed by atoms with Gasteiger partial charge in [0.25, 0.3) is 5.91 Å². The zero-order chi connectivity index (χ0) is 17.6. The summed E-state index contributed by atoms with van der Waals surface area (Å²) in [6.07, 6.45) is 2.44. The first-order valence-electron chi connectivity index (χ1n) is 8.59. The van der Waals surface area contributed by atoms with Crippen molar-refractivity contribution in [1.29, 1.82) is 0 Å². The van der Waals surface area contributed by atoms with Crippen LogP contribution in [0.25, 0.3) is 0 Å². The van der Waals surface area contributed by atoms with Gasteiger partial charge in [-0.1, -0.05) is 18.2 Å². The third-order valence-corrected chi connectivity index (χ3v) is 5.30. The minimum atomic E-state index is -0.0174. The van der Waals surface area contributed by atoms with E-state index in [1.54, 1.807) is 7.11 Å². The Morgan fingerprint density at radius 3 is 2.56 bits per heavy atom. The Hall–Kier alpha value is -1.60. The van der Waals surface area contributed by atoms with Gasteiger partial charge in [-0.25, -0.2) is 0 Å². The summed E-state index contributed by atoms with van der Waals surface area (Å²) in [6.45, 7) is 2.77. The summed E-state index contributed by atoms with van der Waals surface area (Å²) in [5.41, 5.74) is 1.92. The monoisotopic (exact) mass is 450 g/mol. The van der Waals surface area contributed by atoms with E-state index in [1.807, 2.05) is 36.4 Å². The maximum Gasteiger partial charge on any atom is 0.251 e. The topological polar surface area (TPSA) is 41.6 Å². The predicted octanol–water partition coefficient (Wildman–Crippen LogP) is 3.87. The SMILES string of the molecule is COc1ccc([C@H](CNC(=O)c2cccc(I)c2)N2CCCC2)cc1. The first-order valence-corrected chi connectivity index (χ1v) is 9.67. The van der Waals surface area contributed by atoms with Gasteiger partial charge in [0.2, 0.25) is 0 Å². The van der Waals surface area contributed by atoms with E-state index < -0.39 is 0 Å². The van der Waals surface area contributed by atoms with Crippen molar-refractivity contribution >= 4 is 28.5 Å². The van der Waals surface area contributed by atoms with Gasteiger partial charge < -0.3 is 10.1 Å². The number of carbonyl (C=O) groups excluding carboxylic acids is 1. The van der Waals surface area contributed by atoms with Gasteiger partial charge in [-0.3, -0.25) is 9.69 Å². The molecule has 0 spiro atoms. The van der Waals surface area contributed by atoms with Crippen LogP contribution in [0.2, 0.25) is 0 Å². The number of amides is 1. The molecule has 1 amide bonds. The lowest BCUT2D eigenvalue weighted by molar-refractivity contribution is 0.0938. The van der Waals surface area contributed by atoms with Crippen molar-refractivity contribution in [3.63, 3.8) is 0 Å². The molecule has 5 heteroatoms. The van der Waals surface area contributed by atoms with Crippen molar-refractivity contribution in [3.05, 3.63) is 63.2 Å². The summed E-state index contributed by atoms with van der Waals surface area (Å²) in [5.74, 6) is 0.836. The molecule has 1 heterocycles. The summed E-state index contributed by atoms with van der Waals surface area (Å²) in [5, 5.41) is 3.12. The first-order chi connectivity index (χ1) is 12.2. The van der Waals surface area contributed by atoms with Crippen molar-refractivity contribution in [2.24, 2.45) is 0 Å². The number of hydrogen-bond donors (Lipinski definition) is 1. The molecule has 1 aliphatic heterocycles. The van der Waals surface area contributed by atoms with Crippen molar-refractivity contribution in [2.45, 2.75) is 18.9 Å². The second-order valence-corrected chi connectivity index (χ2v) is 7.50. The Morgan fingerprint density at radius 1 is 1.20 bits per heavy atom. The fourth-order valence-electron chi connectivity index (χ4n) is 3.26. The summed E-state index contributed by atoms with van der Waals surface area (Å²) < 4.78 is 6.32. The molecule has 1 saturated heterocycles. The van der Waals surface area contributed by atoms with E-state index in [1.165, 1.54) is 18.4 Å². The second-order valence-electron chi connectivity index (χ2n) is 6.25. The average Bonchev–Trinajstić information content (AvgIpc) is 3.16. The average molecular weight is 450 g/mol. The number of hydrogen-bond acceptors (Lipinski definition) is 3. The van der Waals surface area contributed by atoms with Crippen molar-refractivity contribution in [2.75, 3.05) is 26.7 Å². The quantitative estimate of drug-likeness (QED) is 0.680. The Labute approximate surface area is 162 Å². The third kappa shape index (κ3) is 4.73. The highest BCUT2D eigenvalue weighted by molar-refractivity contribution is 14.1. The molecule has 0 unspecified atom stereocenters. The molecule has 2 aromatic rings. The van der Waals surface area contributed by atoms with Gasteiger partial charge in [0.1, 0.15) is 5.75 Å². The highest BCUT2D eigenvalue weighted by Crippen LogP contribution is 2.26. The molecular formula is C20H23IN2O2. The first kappa shape index (κ1) is 18.2. The van der Waals surface area contributed by atoms with Crippen LogP contribution >= 0.6 is 22.6 Å². The highest BCUT2D eigenvalue weighted by Gasteiger charge is 2.24. The molecule has 0 saturated carbocycles. The number of methoxy groups -OCH3 is 1. The molecule has 1 atom stereocenters. The van der Waals surface area contributed by atoms with Gasteiger partial charge in [0.15, 0.2) is 0 Å². The van der Waals surface area contributed by atoms with Crippen LogP contribution in [-0.4, -0.2) is 37.6 Å². The smallest absolute Gasteiger partial charge is 0.251 e. The predicted molar refractivity (Wildman–Crippen MR) is 108 cm³/mol. The van der Waals surface area contributed by atoms with Gasteiger partial charge in [-0.05, 0) is 84.4 Å². The number of nitrogens with one attached hydrogen (secondary N) is 1. The van der Waals surface area contributed by atoms with Gasteiger partial charge in [-0.2, -0.15) is 0 Å². The normalized spacial score (nSPS) is 15.8. The molecule has 1 aliphatic rings. The molecule has 2 aromatic carbocycles. The summed E-state index contributed by atoms with van der Waals surface area (Å²) >= 11 is 2.23. The van der Waals surface area contributed by atoms with E-state index in [-0.39, 0.29) is 11.9 Å². The van der Waals surface area contributed by atoms with E-state index in [0.29, 0.717) is 12.1 Å². The maximum atomic E-state index is 12.5. The lowest BCUT2D eigenvalue weighted by Crippen LogP contribution is -2.36. The fraction of sp³-hybridized carbons (Fsp3) is 0.350. The summed E-state index contributed by atoms with van der Waals surface area (Å²) in [7, 11) is 1.68. The van der Waals surface area contributed by atoms with E-state index in [4.69, 9.17) is 4.74 Å². The van der Waals surface area contributed by atoms with Crippen molar-refractivity contribution in [3.8, 4) is 5.75 Å². The number of likely N-dealkylation sites (tertiary alicyclic amines) is 1. The molecular weight excluding hydrogens is 427 g/mol. The molecule has 132 valence electrons. The Morgan fingerprint density at radius 2 is 1.92 bits per heavy atom. The summed E-state index contributed by atoms with van der Waals surface area (Å²) in [6, 6.07) is 16.0. The lowest BCUT2D eigenvalue weighted by Gasteiger charge is -2.28. The Kier molecular flexibility index (Phi) is 6.31. The third-order valence-electron chi connectivity index (χ3n) is 4.62.